The Kier molecular flexibility index (Phi) is 10.7. The maximum atomic E-state index is 11.5. The maximum Gasteiger partial charge on any atom is 0.313 e. The molecule has 1 saturated heterocycles. The molecule has 186 valence electrons. The molecule has 1 N–H and O–H groups in total. The van der Waals surface area contributed by atoms with Crippen LogP contribution in [0.5, 0.6) is 0 Å². The van der Waals surface area contributed by atoms with Gasteiger partial charge in [-0.25, -0.2) is 0 Å². The average Bonchev–Trinajstić information content (AvgIpc) is 2.81. The number of aryl methyl sites for hydroxylation is 2. The molecule has 0 bridgehead atoms. The average molecular weight is 515 g/mol. The lowest BCUT2D eigenvalue weighted by molar-refractivity contribution is -0.384. The second kappa shape index (κ2) is 13.2. The molecule has 3 aromatic rings. The normalized spacial score (nSPS) is 13.4. The first-order valence-corrected chi connectivity index (χ1v) is 11.4. The first-order chi connectivity index (χ1) is 16.0. The molecule has 8 heteroatoms. The molecule has 0 unspecified atom stereocenters. The fourth-order valence-corrected chi connectivity index (χ4v) is 4.62. The van der Waals surface area contributed by atoms with E-state index in [0.717, 1.165) is 38.2 Å². The van der Waals surface area contributed by atoms with Crippen molar-refractivity contribution < 1.29 is 4.92 Å². The maximum absolute atomic E-state index is 11.5. The van der Waals surface area contributed by atoms with E-state index in [4.69, 9.17) is 0 Å². The number of hydrogen-bond donors (Lipinski definition) is 1. The summed E-state index contributed by atoms with van der Waals surface area (Å²) in [6.45, 7) is 7.01. The van der Waals surface area contributed by atoms with Gasteiger partial charge in [-0.05, 0) is 49.5 Å². The lowest BCUT2D eigenvalue weighted by atomic mass is 9.88. The van der Waals surface area contributed by atoms with Gasteiger partial charge < -0.3 is 10.2 Å². The lowest BCUT2D eigenvalue weighted by Gasteiger charge is -2.30. The molecule has 4 rings (SSSR count). The highest BCUT2D eigenvalue weighted by Crippen LogP contribution is 2.32. The summed E-state index contributed by atoms with van der Waals surface area (Å²) in [5.74, 6) is 0. The SMILES string of the molecule is Cc1cc(NCCN2CCC(=C(c3ccccc3)c3ccccc3)CC2)c([N+](=O)[O-])c(C)n1.Cl.Cl. The second-order valence-electron chi connectivity index (χ2n) is 8.48. The summed E-state index contributed by atoms with van der Waals surface area (Å²) >= 11 is 0. The highest BCUT2D eigenvalue weighted by Gasteiger charge is 2.21. The minimum Gasteiger partial charge on any atom is -0.378 e. The van der Waals surface area contributed by atoms with Crippen molar-refractivity contribution in [3.05, 3.63) is 105 Å². The van der Waals surface area contributed by atoms with Crippen LogP contribution in [0.1, 0.15) is 35.4 Å². The molecule has 0 saturated carbocycles. The first kappa shape index (κ1) is 28.3. The number of aromatic nitrogens is 1. The third kappa shape index (κ3) is 7.04. The fraction of sp³-hybridized carbons (Fsp3) is 0.296. The smallest absolute Gasteiger partial charge is 0.313 e. The van der Waals surface area contributed by atoms with Crippen molar-refractivity contribution in [3.63, 3.8) is 0 Å². The van der Waals surface area contributed by atoms with Crippen molar-refractivity contribution in [3.8, 4) is 0 Å². The molecule has 1 aromatic heterocycles. The van der Waals surface area contributed by atoms with Crippen LogP contribution >= 0.6 is 24.8 Å². The summed E-state index contributed by atoms with van der Waals surface area (Å²) in [4.78, 5) is 17.8. The molecule has 6 nitrogen and oxygen atoms in total. The van der Waals surface area contributed by atoms with Gasteiger partial charge in [0.1, 0.15) is 11.4 Å². The number of halogens is 2. The minimum absolute atomic E-state index is 0. The zero-order valence-electron chi connectivity index (χ0n) is 20.1. The molecule has 1 aliphatic rings. The van der Waals surface area contributed by atoms with Gasteiger partial charge in [0.15, 0.2) is 0 Å². The van der Waals surface area contributed by atoms with Crippen LogP contribution in [0, 0.1) is 24.0 Å². The summed E-state index contributed by atoms with van der Waals surface area (Å²) in [6.07, 6.45) is 2.04. The van der Waals surface area contributed by atoms with Crippen LogP contribution in [0.3, 0.4) is 0 Å². The Balaban J connectivity index is 0.00000216. The Bertz CT molecular complexity index is 1100. The van der Waals surface area contributed by atoms with Crippen LogP contribution < -0.4 is 5.32 Å². The van der Waals surface area contributed by atoms with Crippen molar-refractivity contribution in [1.29, 1.82) is 0 Å². The van der Waals surface area contributed by atoms with Gasteiger partial charge in [0.05, 0.1) is 4.92 Å². The molecule has 0 amide bonds. The summed E-state index contributed by atoms with van der Waals surface area (Å²) in [5.41, 5.74) is 7.24. The van der Waals surface area contributed by atoms with Gasteiger partial charge in [-0.3, -0.25) is 15.1 Å². The van der Waals surface area contributed by atoms with E-state index in [2.05, 4.69) is 75.9 Å². The zero-order chi connectivity index (χ0) is 23.2. The number of benzene rings is 2. The number of nitrogens with one attached hydrogen (secondary N) is 1. The van der Waals surface area contributed by atoms with E-state index >= 15 is 0 Å². The largest absolute Gasteiger partial charge is 0.378 e. The van der Waals surface area contributed by atoms with Gasteiger partial charge in [0, 0.05) is 31.9 Å². The summed E-state index contributed by atoms with van der Waals surface area (Å²) in [6, 6.07) is 23.0. The number of likely N-dealkylation sites (tertiary alicyclic amines) is 1. The van der Waals surface area contributed by atoms with E-state index in [1.165, 1.54) is 22.3 Å². The number of piperidine rings is 1. The Hall–Kier alpha value is -2.93. The standard InChI is InChI=1S/C27H30N4O2.2ClH/c1-20-19-25(27(31(32)33)21(2)29-20)28-15-18-30-16-13-24(14-17-30)26(22-9-5-3-6-10-22)23-11-7-4-8-12-23;;/h3-12,19H,13-18H2,1-2H3,(H,28,29);2*1H. The monoisotopic (exact) mass is 514 g/mol. The zero-order valence-corrected chi connectivity index (χ0v) is 21.7. The van der Waals surface area contributed by atoms with Gasteiger partial charge in [-0.2, -0.15) is 0 Å². The molecular weight excluding hydrogens is 483 g/mol. The van der Waals surface area contributed by atoms with Crippen molar-refractivity contribution in [2.75, 3.05) is 31.5 Å². The molecular formula is C27H32Cl2N4O2. The Morgan fingerprint density at radius 1 is 0.971 bits per heavy atom. The molecule has 2 heterocycles. The number of nitrogens with zero attached hydrogens (tertiary/aromatic N) is 3. The van der Waals surface area contributed by atoms with Crippen molar-refractivity contribution in [1.82, 2.24) is 9.88 Å². The van der Waals surface area contributed by atoms with Crippen LogP contribution in [0.2, 0.25) is 0 Å². The predicted molar refractivity (Wildman–Crippen MR) is 148 cm³/mol. The van der Waals surface area contributed by atoms with E-state index in [0.29, 0.717) is 17.9 Å². The van der Waals surface area contributed by atoms with E-state index in [1.807, 2.05) is 6.92 Å². The molecule has 0 aliphatic carbocycles. The van der Waals surface area contributed by atoms with Crippen LogP contribution in [0.4, 0.5) is 11.4 Å². The Morgan fingerprint density at radius 3 is 2.03 bits per heavy atom. The molecule has 0 spiro atoms. The third-order valence-corrected chi connectivity index (χ3v) is 6.16. The van der Waals surface area contributed by atoms with Crippen molar-refractivity contribution >= 4 is 41.8 Å². The topological polar surface area (TPSA) is 71.3 Å². The number of nitro groups is 1. The summed E-state index contributed by atoms with van der Waals surface area (Å²) < 4.78 is 0. The number of hydrogen-bond acceptors (Lipinski definition) is 5. The summed E-state index contributed by atoms with van der Waals surface area (Å²) in [5, 5.41) is 14.7. The Labute approximate surface area is 219 Å². The molecule has 35 heavy (non-hydrogen) atoms. The Morgan fingerprint density at radius 2 is 1.51 bits per heavy atom. The van der Waals surface area contributed by atoms with E-state index in [9.17, 15) is 10.1 Å². The number of rotatable bonds is 7. The quantitative estimate of drug-likeness (QED) is 0.289. The molecule has 0 radical (unpaired) electrons. The highest BCUT2D eigenvalue weighted by atomic mass is 35.5. The van der Waals surface area contributed by atoms with Gasteiger partial charge in [-0.15, -0.1) is 24.8 Å². The van der Waals surface area contributed by atoms with Crippen molar-refractivity contribution in [2.45, 2.75) is 26.7 Å². The van der Waals surface area contributed by atoms with Gasteiger partial charge in [0.2, 0.25) is 0 Å². The van der Waals surface area contributed by atoms with Gasteiger partial charge in [-0.1, -0.05) is 66.2 Å². The second-order valence-corrected chi connectivity index (χ2v) is 8.48. The number of anilines is 1. The number of pyridine rings is 1. The third-order valence-electron chi connectivity index (χ3n) is 6.16. The molecule has 1 aliphatic heterocycles. The highest BCUT2D eigenvalue weighted by molar-refractivity contribution is 5.85. The van der Waals surface area contributed by atoms with Crippen LogP contribution in [-0.4, -0.2) is 41.0 Å². The van der Waals surface area contributed by atoms with Crippen LogP contribution in [-0.2, 0) is 0 Å². The summed E-state index contributed by atoms with van der Waals surface area (Å²) in [7, 11) is 0. The van der Waals surface area contributed by atoms with E-state index in [-0.39, 0.29) is 35.4 Å². The predicted octanol–water partition coefficient (Wildman–Crippen LogP) is 6.46. The molecule has 2 aromatic carbocycles. The van der Waals surface area contributed by atoms with Gasteiger partial charge in [0.25, 0.3) is 0 Å². The molecule has 0 atom stereocenters. The van der Waals surface area contributed by atoms with Crippen LogP contribution in [0.25, 0.3) is 5.57 Å². The molecule has 1 fully saturated rings. The van der Waals surface area contributed by atoms with E-state index < -0.39 is 0 Å². The fourth-order valence-electron chi connectivity index (χ4n) is 4.62. The minimum atomic E-state index is -0.350. The van der Waals surface area contributed by atoms with Crippen molar-refractivity contribution in [2.24, 2.45) is 0 Å². The lowest BCUT2D eigenvalue weighted by Crippen LogP contribution is -2.35. The van der Waals surface area contributed by atoms with Gasteiger partial charge >= 0.3 is 5.69 Å². The van der Waals surface area contributed by atoms with E-state index in [1.54, 1.807) is 13.0 Å². The first-order valence-electron chi connectivity index (χ1n) is 11.4. The van der Waals surface area contributed by atoms with Crippen LogP contribution in [0.15, 0.2) is 72.3 Å².